The molecule has 0 aliphatic rings. The zero-order chi connectivity index (χ0) is 18.4. The van der Waals surface area contributed by atoms with Gasteiger partial charge in [0.05, 0.1) is 0 Å². The number of rotatable bonds is 7. The van der Waals surface area contributed by atoms with Crippen LogP contribution in [0.2, 0.25) is 0 Å². The molecule has 1 nitrogen and oxygen atoms in total. The van der Waals surface area contributed by atoms with Gasteiger partial charge in [-0.1, -0.05) is 86.6 Å². The fourth-order valence-electron chi connectivity index (χ4n) is 3.43. The van der Waals surface area contributed by atoms with Crippen LogP contribution in [0.25, 0.3) is 11.1 Å². The molecular formula is C25H29N. The normalized spacial score (nSPS) is 12.1. The van der Waals surface area contributed by atoms with E-state index >= 15 is 0 Å². The van der Waals surface area contributed by atoms with E-state index in [1.54, 1.807) is 0 Å². The lowest BCUT2D eigenvalue weighted by molar-refractivity contribution is 0.570. The molecular weight excluding hydrogens is 314 g/mol. The molecule has 0 aromatic heterocycles. The fourth-order valence-corrected chi connectivity index (χ4v) is 3.43. The van der Waals surface area contributed by atoms with Gasteiger partial charge in [0.2, 0.25) is 0 Å². The van der Waals surface area contributed by atoms with Crippen LogP contribution in [0.15, 0.2) is 72.8 Å². The average Bonchev–Trinajstić information content (AvgIpc) is 2.72. The fraction of sp³-hybridized carbons (Fsp3) is 0.280. The van der Waals surface area contributed by atoms with Crippen molar-refractivity contribution in [1.29, 1.82) is 0 Å². The van der Waals surface area contributed by atoms with Gasteiger partial charge in [-0.2, -0.15) is 0 Å². The maximum absolute atomic E-state index is 3.69. The van der Waals surface area contributed by atoms with Crippen LogP contribution in [-0.2, 0) is 19.4 Å². The van der Waals surface area contributed by atoms with E-state index in [1.807, 2.05) is 0 Å². The topological polar surface area (TPSA) is 12.0 Å². The smallest absolute Gasteiger partial charge is 0.0297 e. The molecule has 3 rings (SSSR count). The monoisotopic (exact) mass is 343 g/mol. The quantitative estimate of drug-likeness (QED) is 0.528. The Bertz CT molecular complexity index is 819. The van der Waals surface area contributed by atoms with E-state index in [9.17, 15) is 0 Å². The van der Waals surface area contributed by atoms with Gasteiger partial charge in [-0.3, -0.25) is 0 Å². The molecule has 1 unspecified atom stereocenters. The first-order chi connectivity index (χ1) is 12.7. The summed E-state index contributed by atoms with van der Waals surface area (Å²) < 4.78 is 0. The van der Waals surface area contributed by atoms with E-state index in [0.717, 1.165) is 19.4 Å². The Morgan fingerprint density at radius 1 is 0.731 bits per heavy atom. The van der Waals surface area contributed by atoms with E-state index in [0.29, 0.717) is 6.04 Å². The summed E-state index contributed by atoms with van der Waals surface area (Å²) in [5.41, 5.74) is 8.17. The molecule has 0 bridgehead atoms. The second kappa shape index (κ2) is 8.82. The largest absolute Gasteiger partial charge is 0.306 e. The second-order valence-electron chi connectivity index (χ2n) is 6.91. The van der Waals surface area contributed by atoms with Crippen LogP contribution in [0, 0.1) is 0 Å². The van der Waals surface area contributed by atoms with Crippen LogP contribution in [0.1, 0.15) is 49.1 Å². The van der Waals surface area contributed by atoms with Gasteiger partial charge >= 0.3 is 0 Å². The molecule has 0 amide bonds. The van der Waals surface area contributed by atoms with Crippen LogP contribution >= 0.6 is 0 Å². The van der Waals surface area contributed by atoms with E-state index in [-0.39, 0.29) is 0 Å². The van der Waals surface area contributed by atoms with Gasteiger partial charge in [-0.25, -0.2) is 0 Å². The van der Waals surface area contributed by atoms with E-state index in [1.165, 1.54) is 33.4 Å². The molecule has 26 heavy (non-hydrogen) atoms. The summed E-state index contributed by atoms with van der Waals surface area (Å²) in [6.07, 6.45) is 2.18. The van der Waals surface area contributed by atoms with Crippen molar-refractivity contribution in [1.82, 2.24) is 5.32 Å². The third kappa shape index (κ3) is 4.42. The summed E-state index contributed by atoms with van der Waals surface area (Å²) in [5.74, 6) is 0. The highest BCUT2D eigenvalue weighted by Gasteiger charge is 2.10. The van der Waals surface area contributed by atoms with Crippen LogP contribution in [0.4, 0.5) is 0 Å². The average molecular weight is 344 g/mol. The number of benzene rings is 3. The molecule has 0 heterocycles. The lowest BCUT2D eigenvalue weighted by Crippen LogP contribution is -2.19. The van der Waals surface area contributed by atoms with E-state index < -0.39 is 0 Å². The van der Waals surface area contributed by atoms with Crippen LogP contribution in [0.3, 0.4) is 0 Å². The molecule has 0 aliphatic carbocycles. The molecule has 1 atom stereocenters. The third-order valence-electron chi connectivity index (χ3n) is 5.14. The van der Waals surface area contributed by atoms with Crippen LogP contribution in [0.5, 0.6) is 0 Å². The lowest BCUT2D eigenvalue weighted by atomic mass is 9.96. The van der Waals surface area contributed by atoms with Gasteiger partial charge in [0.1, 0.15) is 0 Å². The number of aryl methyl sites for hydroxylation is 2. The number of hydrogen-bond donors (Lipinski definition) is 1. The van der Waals surface area contributed by atoms with Crippen molar-refractivity contribution in [2.75, 3.05) is 0 Å². The summed E-state index contributed by atoms with van der Waals surface area (Å²) in [5, 5.41) is 3.69. The number of hydrogen-bond acceptors (Lipinski definition) is 1. The molecule has 134 valence electrons. The van der Waals surface area contributed by atoms with Crippen molar-refractivity contribution in [3.8, 4) is 11.1 Å². The minimum atomic E-state index is 0.352. The Balaban J connectivity index is 1.65. The molecule has 1 heteroatoms. The van der Waals surface area contributed by atoms with Crippen LogP contribution in [-0.4, -0.2) is 0 Å². The summed E-state index contributed by atoms with van der Waals surface area (Å²) in [7, 11) is 0. The Morgan fingerprint density at radius 2 is 1.38 bits per heavy atom. The summed E-state index contributed by atoms with van der Waals surface area (Å²) in [6.45, 7) is 7.61. The lowest BCUT2D eigenvalue weighted by Gasteiger charge is -2.19. The molecule has 0 radical (unpaired) electrons. The Kier molecular flexibility index (Phi) is 6.25. The van der Waals surface area contributed by atoms with Gasteiger partial charge in [-0.15, -0.1) is 0 Å². The molecule has 0 saturated carbocycles. The van der Waals surface area contributed by atoms with E-state index in [4.69, 9.17) is 0 Å². The Morgan fingerprint density at radius 3 is 2.04 bits per heavy atom. The van der Waals surface area contributed by atoms with Gasteiger partial charge in [0.25, 0.3) is 0 Å². The second-order valence-corrected chi connectivity index (χ2v) is 6.91. The standard InChI is InChI=1S/C25H29N/c1-4-20-13-16-25(22(5-2)17-20)19(3)26-18-21-11-14-24(15-12-21)23-9-7-6-8-10-23/h6-17,19,26H,4-5,18H2,1-3H3. The van der Waals surface area contributed by atoms with Crippen molar-refractivity contribution in [3.63, 3.8) is 0 Å². The minimum absolute atomic E-state index is 0.352. The zero-order valence-electron chi connectivity index (χ0n) is 16.1. The summed E-state index contributed by atoms with van der Waals surface area (Å²) in [6, 6.07) is 26.7. The van der Waals surface area contributed by atoms with Crippen molar-refractivity contribution < 1.29 is 0 Å². The molecule has 3 aromatic carbocycles. The Hall–Kier alpha value is -2.38. The SMILES string of the molecule is CCc1ccc(C(C)NCc2ccc(-c3ccccc3)cc2)c(CC)c1. The van der Waals surface area contributed by atoms with E-state index in [2.05, 4.69) is 98.9 Å². The highest BCUT2D eigenvalue weighted by molar-refractivity contribution is 5.63. The predicted molar refractivity (Wildman–Crippen MR) is 112 cm³/mol. The molecule has 0 spiro atoms. The highest BCUT2D eigenvalue weighted by Crippen LogP contribution is 2.22. The first-order valence-corrected chi connectivity index (χ1v) is 9.70. The summed E-state index contributed by atoms with van der Waals surface area (Å²) >= 11 is 0. The molecule has 3 aromatic rings. The Labute approximate surface area is 158 Å². The van der Waals surface area contributed by atoms with Gasteiger partial charge < -0.3 is 5.32 Å². The maximum atomic E-state index is 3.69. The van der Waals surface area contributed by atoms with Crippen molar-refractivity contribution >= 4 is 0 Å². The van der Waals surface area contributed by atoms with Crippen molar-refractivity contribution in [3.05, 3.63) is 95.1 Å². The predicted octanol–water partition coefficient (Wildman–Crippen LogP) is 6.33. The highest BCUT2D eigenvalue weighted by atomic mass is 14.9. The molecule has 0 saturated heterocycles. The zero-order valence-corrected chi connectivity index (χ0v) is 16.1. The van der Waals surface area contributed by atoms with Crippen molar-refractivity contribution in [2.45, 2.75) is 46.2 Å². The van der Waals surface area contributed by atoms with Gasteiger partial charge in [-0.05, 0) is 53.1 Å². The van der Waals surface area contributed by atoms with Gasteiger partial charge in [0.15, 0.2) is 0 Å². The van der Waals surface area contributed by atoms with Crippen molar-refractivity contribution in [2.24, 2.45) is 0 Å². The molecule has 0 aliphatic heterocycles. The van der Waals surface area contributed by atoms with Crippen LogP contribution < -0.4 is 5.32 Å². The summed E-state index contributed by atoms with van der Waals surface area (Å²) in [4.78, 5) is 0. The third-order valence-corrected chi connectivity index (χ3v) is 5.14. The van der Waals surface area contributed by atoms with Gasteiger partial charge in [0, 0.05) is 12.6 Å². The first-order valence-electron chi connectivity index (χ1n) is 9.70. The maximum Gasteiger partial charge on any atom is 0.0297 e. The molecule has 1 N–H and O–H groups in total. The minimum Gasteiger partial charge on any atom is -0.306 e. The molecule has 0 fully saturated rings. The number of nitrogens with one attached hydrogen (secondary N) is 1. The first kappa shape index (κ1) is 18.4.